The summed E-state index contributed by atoms with van der Waals surface area (Å²) in [7, 11) is 0. The predicted molar refractivity (Wildman–Crippen MR) is 70.5 cm³/mol. The van der Waals surface area contributed by atoms with Gasteiger partial charge in [0.25, 0.3) is 0 Å². The molecule has 7 unspecified atom stereocenters. The third-order valence-corrected chi connectivity index (χ3v) is 5.95. The molecule has 0 aromatic rings. The van der Waals surface area contributed by atoms with Gasteiger partial charge in [0, 0.05) is 17.4 Å². The average molecular weight is 276 g/mol. The predicted octanol–water partition coefficient (Wildman–Crippen LogP) is 2.08. The zero-order valence-electron chi connectivity index (χ0n) is 11.7. The maximum Gasteiger partial charge on any atom is 0.348 e. The Morgan fingerprint density at radius 2 is 1.95 bits per heavy atom. The minimum absolute atomic E-state index is 0.0765. The molecule has 20 heavy (non-hydrogen) atoms. The van der Waals surface area contributed by atoms with Crippen LogP contribution in [0.2, 0.25) is 0 Å². The van der Waals surface area contributed by atoms with Crippen LogP contribution in [0, 0.1) is 29.6 Å². The molecule has 7 atom stereocenters. The Kier molecular flexibility index (Phi) is 2.54. The molecule has 4 fully saturated rings. The minimum atomic E-state index is -0.704. The zero-order chi connectivity index (χ0) is 14.0. The molecule has 3 aliphatic carbocycles. The highest BCUT2D eigenvalue weighted by Gasteiger charge is 2.64. The highest BCUT2D eigenvalue weighted by Crippen LogP contribution is 2.63. The molecule has 1 saturated heterocycles. The summed E-state index contributed by atoms with van der Waals surface area (Å²) in [5, 5.41) is 0. The summed E-state index contributed by atoms with van der Waals surface area (Å²) in [6.07, 6.45) is 4.08. The Labute approximate surface area is 118 Å². The van der Waals surface area contributed by atoms with E-state index >= 15 is 0 Å². The third-order valence-electron chi connectivity index (χ3n) is 5.95. The first-order valence-corrected chi connectivity index (χ1v) is 7.63. The summed E-state index contributed by atoms with van der Waals surface area (Å²) in [5.74, 6) is 1.84. The molecule has 4 rings (SSSR count). The maximum absolute atomic E-state index is 12.1. The number of carbonyl (C=O) groups excluding carboxylic acids is 2. The second-order valence-electron chi connectivity index (χ2n) is 6.97. The van der Waals surface area contributed by atoms with E-state index in [1.165, 1.54) is 19.3 Å². The summed E-state index contributed by atoms with van der Waals surface area (Å²) in [4.78, 5) is 23.9. The van der Waals surface area contributed by atoms with Crippen molar-refractivity contribution < 1.29 is 19.1 Å². The molecule has 1 heterocycles. The van der Waals surface area contributed by atoms with Gasteiger partial charge in [-0.25, -0.2) is 9.59 Å². The summed E-state index contributed by atoms with van der Waals surface area (Å²) < 4.78 is 11.0. The number of hydrogen-bond acceptors (Lipinski definition) is 4. The quantitative estimate of drug-likeness (QED) is 0.440. The molecule has 4 nitrogen and oxygen atoms in total. The number of hydrogen-bond donors (Lipinski definition) is 0. The molecule has 1 aliphatic heterocycles. The SMILES string of the molecule is C=C(C)C(=O)OC1C(=O)OC2CC1C1C3CCC(C3)C21. The van der Waals surface area contributed by atoms with Gasteiger partial charge in [-0.05, 0) is 50.4 Å². The molecule has 108 valence electrons. The molecule has 4 bridgehead atoms. The van der Waals surface area contributed by atoms with Gasteiger partial charge in [0.2, 0.25) is 6.10 Å². The fraction of sp³-hybridized carbons (Fsp3) is 0.750. The van der Waals surface area contributed by atoms with Gasteiger partial charge in [0.15, 0.2) is 0 Å². The maximum atomic E-state index is 12.1. The lowest BCUT2D eigenvalue weighted by atomic mass is 9.76. The van der Waals surface area contributed by atoms with Crippen molar-refractivity contribution in [2.45, 2.75) is 44.8 Å². The van der Waals surface area contributed by atoms with Crippen LogP contribution < -0.4 is 0 Å². The van der Waals surface area contributed by atoms with Gasteiger partial charge in [-0.1, -0.05) is 6.58 Å². The minimum Gasteiger partial charge on any atom is -0.459 e. The monoisotopic (exact) mass is 276 g/mol. The van der Waals surface area contributed by atoms with E-state index in [2.05, 4.69) is 6.58 Å². The molecular formula is C16H20O4. The van der Waals surface area contributed by atoms with Gasteiger partial charge < -0.3 is 9.47 Å². The molecule has 3 saturated carbocycles. The number of carbonyl (C=O) groups is 2. The first kappa shape index (κ1) is 12.4. The molecule has 0 N–H and O–H groups in total. The van der Waals surface area contributed by atoms with Gasteiger partial charge in [-0.15, -0.1) is 0 Å². The normalized spacial score (nSPS) is 47.9. The van der Waals surface area contributed by atoms with E-state index < -0.39 is 12.1 Å². The number of ether oxygens (including phenoxy) is 2. The first-order chi connectivity index (χ1) is 9.56. The summed E-state index contributed by atoms with van der Waals surface area (Å²) in [5.41, 5.74) is 0.336. The zero-order valence-corrected chi connectivity index (χ0v) is 11.7. The second-order valence-corrected chi connectivity index (χ2v) is 6.97. The van der Waals surface area contributed by atoms with Crippen molar-refractivity contribution in [1.82, 2.24) is 0 Å². The Bertz CT molecular complexity index is 497. The number of fused-ring (bicyclic) bond motifs is 9. The lowest BCUT2D eigenvalue weighted by Gasteiger charge is -2.31. The molecule has 0 aromatic carbocycles. The van der Waals surface area contributed by atoms with Crippen LogP contribution in [0.25, 0.3) is 0 Å². The third kappa shape index (κ3) is 1.54. The van der Waals surface area contributed by atoms with Crippen LogP contribution in [0.1, 0.15) is 32.6 Å². The van der Waals surface area contributed by atoms with Crippen LogP contribution in [0.4, 0.5) is 0 Å². The van der Waals surface area contributed by atoms with E-state index in [9.17, 15) is 9.59 Å². The summed E-state index contributed by atoms with van der Waals surface area (Å²) >= 11 is 0. The highest BCUT2D eigenvalue weighted by atomic mass is 16.6. The van der Waals surface area contributed by atoms with Crippen molar-refractivity contribution in [3.63, 3.8) is 0 Å². The fourth-order valence-corrected chi connectivity index (χ4v) is 5.34. The Balaban J connectivity index is 1.61. The van der Waals surface area contributed by atoms with Crippen molar-refractivity contribution in [2.75, 3.05) is 0 Å². The molecular weight excluding hydrogens is 256 g/mol. The fourth-order valence-electron chi connectivity index (χ4n) is 5.34. The van der Waals surface area contributed by atoms with Gasteiger partial charge in [-0.2, -0.15) is 0 Å². The van der Waals surface area contributed by atoms with Crippen molar-refractivity contribution in [3.8, 4) is 0 Å². The van der Waals surface area contributed by atoms with Gasteiger partial charge >= 0.3 is 11.9 Å². The molecule has 0 spiro atoms. The van der Waals surface area contributed by atoms with Crippen LogP contribution in [0.5, 0.6) is 0 Å². The van der Waals surface area contributed by atoms with E-state index in [0.29, 0.717) is 23.3 Å². The Hall–Kier alpha value is -1.32. The lowest BCUT2D eigenvalue weighted by Crippen LogP contribution is -2.42. The van der Waals surface area contributed by atoms with E-state index in [-0.39, 0.29) is 18.0 Å². The highest BCUT2D eigenvalue weighted by molar-refractivity contribution is 5.89. The van der Waals surface area contributed by atoms with E-state index in [4.69, 9.17) is 9.47 Å². The van der Waals surface area contributed by atoms with E-state index in [0.717, 1.165) is 12.3 Å². The van der Waals surface area contributed by atoms with Crippen LogP contribution >= 0.6 is 0 Å². The number of esters is 2. The van der Waals surface area contributed by atoms with Gasteiger partial charge in [-0.3, -0.25) is 0 Å². The smallest absolute Gasteiger partial charge is 0.348 e. The molecule has 0 aromatic heterocycles. The molecule has 4 heteroatoms. The standard InChI is InChI=1S/C16H20O4/c1-7(2)15(17)20-14-10-6-11(19-16(14)18)13-9-4-3-8(5-9)12(10)13/h8-14H,1,3-6H2,2H3. The Morgan fingerprint density at radius 1 is 1.25 bits per heavy atom. The molecule has 0 radical (unpaired) electrons. The summed E-state index contributed by atoms with van der Waals surface area (Å²) in [6.45, 7) is 5.19. The van der Waals surface area contributed by atoms with Crippen molar-refractivity contribution in [3.05, 3.63) is 12.2 Å². The van der Waals surface area contributed by atoms with E-state index in [1.807, 2.05) is 0 Å². The van der Waals surface area contributed by atoms with Crippen LogP contribution in [0.15, 0.2) is 12.2 Å². The second kappa shape index (κ2) is 4.09. The van der Waals surface area contributed by atoms with E-state index in [1.54, 1.807) is 6.92 Å². The van der Waals surface area contributed by atoms with Crippen molar-refractivity contribution >= 4 is 11.9 Å². The van der Waals surface area contributed by atoms with Crippen LogP contribution in [0.3, 0.4) is 0 Å². The van der Waals surface area contributed by atoms with Crippen molar-refractivity contribution in [2.24, 2.45) is 29.6 Å². The van der Waals surface area contributed by atoms with Gasteiger partial charge in [0.05, 0.1) is 0 Å². The van der Waals surface area contributed by atoms with Crippen molar-refractivity contribution in [1.29, 1.82) is 0 Å². The topological polar surface area (TPSA) is 52.6 Å². The number of rotatable bonds is 2. The molecule has 4 aliphatic rings. The Morgan fingerprint density at radius 3 is 2.65 bits per heavy atom. The average Bonchev–Trinajstić information content (AvgIpc) is 3.06. The first-order valence-electron chi connectivity index (χ1n) is 7.63. The van der Waals surface area contributed by atoms with Gasteiger partial charge in [0.1, 0.15) is 6.10 Å². The largest absolute Gasteiger partial charge is 0.459 e. The van der Waals surface area contributed by atoms with Crippen LogP contribution in [-0.2, 0) is 19.1 Å². The van der Waals surface area contributed by atoms with Crippen LogP contribution in [-0.4, -0.2) is 24.1 Å². The summed E-state index contributed by atoms with van der Waals surface area (Å²) in [6, 6.07) is 0. The lowest BCUT2D eigenvalue weighted by molar-refractivity contribution is -0.180. The molecule has 0 amide bonds.